The van der Waals surface area contributed by atoms with Gasteiger partial charge in [-0.25, -0.2) is 8.78 Å². The first-order valence-electron chi connectivity index (χ1n) is 4.69. The lowest BCUT2D eigenvalue weighted by Crippen LogP contribution is -1.88. The summed E-state index contributed by atoms with van der Waals surface area (Å²) in [6.45, 7) is 0. The zero-order valence-electron chi connectivity index (χ0n) is 8.48. The number of phenols is 3. The summed E-state index contributed by atoms with van der Waals surface area (Å²) in [5, 5.41) is 27.6. The minimum Gasteiger partial charge on any atom is -0.508 e. The van der Waals surface area contributed by atoms with Crippen molar-refractivity contribution in [2.45, 2.75) is 0 Å². The van der Waals surface area contributed by atoms with Crippen molar-refractivity contribution < 1.29 is 24.1 Å². The maximum atomic E-state index is 13.6. The molecule has 0 aliphatic carbocycles. The predicted molar refractivity (Wildman–Crippen MR) is 56.8 cm³/mol. The molecular formula is C12H8F2O3. The molecule has 0 spiro atoms. The van der Waals surface area contributed by atoms with E-state index in [1.165, 1.54) is 12.1 Å². The van der Waals surface area contributed by atoms with Gasteiger partial charge >= 0.3 is 0 Å². The van der Waals surface area contributed by atoms with Gasteiger partial charge in [-0.2, -0.15) is 0 Å². The van der Waals surface area contributed by atoms with Gasteiger partial charge in [0.15, 0.2) is 17.4 Å². The average molecular weight is 238 g/mol. The van der Waals surface area contributed by atoms with Crippen LogP contribution in [0.4, 0.5) is 8.78 Å². The van der Waals surface area contributed by atoms with Gasteiger partial charge in [-0.1, -0.05) is 0 Å². The molecular weight excluding hydrogens is 230 g/mol. The normalized spacial score (nSPS) is 10.5. The van der Waals surface area contributed by atoms with Crippen molar-refractivity contribution >= 4 is 0 Å². The van der Waals surface area contributed by atoms with Gasteiger partial charge in [-0.05, 0) is 29.8 Å². The van der Waals surface area contributed by atoms with Gasteiger partial charge in [0.2, 0.25) is 0 Å². The van der Waals surface area contributed by atoms with E-state index in [4.69, 9.17) is 5.11 Å². The van der Waals surface area contributed by atoms with E-state index in [1.807, 2.05) is 0 Å². The van der Waals surface area contributed by atoms with Crippen LogP contribution >= 0.6 is 0 Å². The lowest BCUT2D eigenvalue weighted by molar-refractivity contribution is 0.397. The first kappa shape index (κ1) is 11.2. The summed E-state index contributed by atoms with van der Waals surface area (Å²) in [5.41, 5.74) is 0.0189. The molecule has 0 aromatic heterocycles. The van der Waals surface area contributed by atoms with Crippen LogP contribution in [0.1, 0.15) is 0 Å². The highest BCUT2D eigenvalue weighted by molar-refractivity contribution is 5.69. The fourth-order valence-corrected chi connectivity index (χ4v) is 1.51. The van der Waals surface area contributed by atoms with E-state index in [0.717, 1.165) is 18.2 Å². The fourth-order valence-electron chi connectivity index (χ4n) is 1.51. The van der Waals surface area contributed by atoms with E-state index in [2.05, 4.69) is 0 Å². The molecule has 3 N–H and O–H groups in total. The van der Waals surface area contributed by atoms with Crippen molar-refractivity contribution in [2.24, 2.45) is 0 Å². The van der Waals surface area contributed by atoms with Gasteiger partial charge in [-0.3, -0.25) is 0 Å². The van der Waals surface area contributed by atoms with Gasteiger partial charge in [0.05, 0.1) is 0 Å². The van der Waals surface area contributed by atoms with Gasteiger partial charge < -0.3 is 15.3 Å². The van der Waals surface area contributed by atoms with Crippen molar-refractivity contribution in [2.75, 3.05) is 0 Å². The Kier molecular flexibility index (Phi) is 2.59. The number of halogens is 2. The van der Waals surface area contributed by atoms with E-state index < -0.39 is 17.4 Å². The van der Waals surface area contributed by atoms with Crippen LogP contribution in [-0.2, 0) is 0 Å². The van der Waals surface area contributed by atoms with Crippen molar-refractivity contribution in [3.63, 3.8) is 0 Å². The van der Waals surface area contributed by atoms with E-state index in [-0.39, 0.29) is 22.6 Å². The Morgan fingerprint density at radius 1 is 0.824 bits per heavy atom. The standard InChI is InChI=1S/C12H8F2O3/c13-10-2-1-9(11(14)12(10)17)6-3-7(15)5-8(16)4-6/h1-5,15-17H. The van der Waals surface area contributed by atoms with Crippen LogP contribution in [0.2, 0.25) is 0 Å². The fraction of sp³-hybridized carbons (Fsp3) is 0. The minimum atomic E-state index is -1.14. The molecule has 2 rings (SSSR count). The number of phenolic OH excluding ortho intramolecular Hbond substituents is 3. The second-order valence-corrected chi connectivity index (χ2v) is 3.50. The van der Waals surface area contributed by atoms with Gasteiger partial charge in [0, 0.05) is 11.6 Å². The molecule has 88 valence electrons. The summed E-state index contributed by atoms with van der Waals surface area (Å²) in [6, 6.07) is 5.46. The number of hydrogen-bond donors (Lipinski definition) is 3. The molecule has 0 radical (unpaired) electrons. The highest BCUT2D eigenvalue weighted by atomic mass is 19.1. The zero-order valence-corrected chi connectivity index (χ0v) is 8.48. The molecule has 0 saturated carbocycles. The minimum absolute atomic E-state index is 0.116. The lowest BCUT2D eigenvalue weighted by atomic mass is 10.0. The molecule has 5 heteroatoms. The Labute approximate surface area is 95.2 Å². The highest BCUT2D eigenvalue weighted by Gasteiger charge is 2.14. The summed E-state index contributed by atoms with van der Waals surface area (Å²) in [5.74, 6) is -3.83. The van der Waals surface area contributed by atoms with Crippen LogP contribution < -0.4 is 0 Å². The maximum Gasteiger partial charge on any atom is 0.188 e. The molecule has 0 saturated heterocycles. The summed E-state index contributed by atoms with van der Waals surface area (Å²) in [7, 11) is 0. The average Bonchev–Trinajstić information content (AvgIpc) is 2.24. The first-order chi connectivity index (χ1) is 7.99. The van der Waals surface area contributed by atoms with Crippen LogP contribution in [0.25, 0.3) is 11.1 Å². The van der Waals surface area contributed by atoms with E-state index in [9.17, 15) is 19.0 Å². The maximum absolute atomic E-state index is 13.6. The Hall–Kier alpha value is -2.30. The highest BCUT2D eigenvalue weighted by Crippen LogP contribution is 2.34. The van der Waals surface area contributed by atoms with Crippen molar-refractivity contribution in [1.29, 1.82) is 0 Å². The van der Waals surface area contributed by atoms with E-state index in [0.29, 0.717) is 0 Å². The molecule has 0 heterocycles. The van der Waals surface area contributed by atoms with Crippen molar-refractivity contribution in [1.82, 2.24) is 0 Å². The molecule has 0 atom stereocenters. The Bertz CT molecular complexity index is 562. The van der Waals surface area contributed by atoms with Crippen LogP contribution in [0, 0.1) is 11.6 Å². The van der Waals surface area contributed by atoms with Crippen LogP contribution in [0.3, 0.4) is 0 Å². The third-order valence-corrected chi connectivity index (χ3v) is 2.28. The topological polar surface area (TPSA) is 60.7 Å². The molecule has 0 amide bonds. The largest absolute Gasteiger partial charge is 0.508 e. The Morgan fingerprint density at radius 3 is 2.00 bits per heavy atom. The second-order valence-electron chi connectivity index (χ2n) is 3.50. The third-order valence-electron chi connectivity index (χ3n) is 2.28. The summed E-state index contributed by atoms with van der Waals surface area (Å²) in [4.78, 5) is 0. The van der Waals surface area contributed by atoms with Gasteiger partial charge in [-0.15, -0.1) is 0 Å². The number of rotatable bonds is 1. The molecule has 0 fully saturated rings. The van der Waals surface area contributed by atoms with Crippen molar-refractivity contribution in [3.05, 3.63) is 42.0 Å². The molecule has 17 heavy (non-hydrogen) atoms. The van der Waals surface area contributed by atoms with Crippen LogP contribution in [-0.4, -0.2) is 15.3 Å². The van der Waals surface area contributed by atoms with Gasteiger partial charge in [0.25, 0.3) is 0 Å². The smallest absolute Gasteiger partial charge is 0.188 e. The van der Waals surface area contributed by atoms with Crippen LogP contribution in [0.5, 0.6) is 17.2 Å². The monoisotopic (exact) mass is 238 g/mol. The predicted octanol–water partition coefficient (Wildman–Crippen LogP) is 2.75. The molecule has 3 nitrogen and oxygen atoms in total. The lowest BCUT2D eigenvalue weighted by Gasteiger charge is -2.07. The molecule has 0 aliphatic heterocycles. The first-order valence-corrected chi connectivity index (χ1v) is 4.69. The van der Waals surface area contributed by atoms with E-state index in [1.54, 1.807) is 0 Å². The third kappa shape index (κ3) is 1.99. The Morgan fingerprint density at radius 2 is 1.41 bits per heavy atom. The molecule has 0 aliphatic rings. The van der Waals surface area contributed by atoms with Crippen molar-refractivity contribution in [3.8, 4) is 28.4 Å². The quantitative estimate of drug-likeness (QED) is 0.715. The SMILES string of the molecule is Oc1cc(O)cc(-c2ccc(F)c(O)c2F)c1. The molecule has 0 bridgehead atoms. The van der Waals surface area contributed by atoms with Gasteiger partial charge in [0.1, 0.15) is 11.5 Å². The Balaban J connectivity index is 2.64. The van der Waals surface area contributed by atoms with Crippen LogP contribution in [0.15, 0.2) is 30.3 Å². The summed E-state index contributed by atoms with van der Waals surface area (Å²) >= 11 is 0. The molecule has 0 unspecified atom stereocenters. The number of aromatic hydroxyl groups is 3. The summed E-state index contributed by atoms with van der Waals surface area (Å²) < 4.78 is 26.4. The zero-order chi connectivity index (χ0) is 12.6. The van der Waals surface area contributed by atoms with E-state index >= 15 is 0 Å². The molecule has 2 aromatic carbocycles. The molecule has 2 aromatic rings. The number of benzene rings is 2. The number of hydrogen-bond acceptors (Lipinski definition) is 3. The second kappa shape index (κ2) is 3.93. The summed E-state index contributed by atoms with van der Waals surface area (Å²) in [6.07, 6.45) is 0.